The van der Waals surface area contributed by atoms with Crippen molar-refractivity contribution in [3.63, 3.8) is 0 Å². The minimum absolute atomic E-state index is 0.0207. The van der Waals surface area contributed by atoms with Crippen LogP contribution >= 0.6 is 11.6 Å². The Morgan fingerprint density at radius 2 is 1.80 bits per heavy atom. The lowest BCUT2D eigenvalue weighted by Gasteiger charge is -2.12. The summed E-state index contributed by atoms with van der Waals surface area (Å²) in [6, 6.07) is 23.4. The molecule has 0 unspecified atom stereocenters. The van der Waals surface area contributed by atoms with Crippen LogP contribution in [0.5, 0.6) is 11.5 Å². The molecule has 0 atom stereocenters. The SMILES string of the molecule is COc1ccc(/C=C(\C#N)C(=O)Nc2ccccc2)cc1OCc1ccc(Cl)cc1. The lowest BCUT2D eigenvalue weighted by Crippen LogP contribution is -2.13. The summed E-state index contributed by atoms with van der Waals surface area (Å²) in [5.74, 6) is 0.568. The Balaban J connectivity index is 1.79. The molecule has 0 saturated carbocycles. The third-order valence-electron chi connectivity index (χ3n) is 4.20. The molecule has 0 bridgehead atoms. The average molecular weight is 419 g/mol. The van der Waals surface area contributed by atoms with Gasteiger partial charge >= 0.3 is 0 Å². The summed E-state index contributed by atoms with van der Waals surface area (Å²) in [7, 11) is 1.55. The van der Waals surface area contributed by atoms with Crippen LogP contribution in [0.4, 0.5) is 5.69 Å². The summed E-state index contributed by atoms with van der Waals surface area (Å²) in [4.78, 5) is 12.4. The summed E-state index contributed by atoms with van der Waals surface area (Å²) >= 11 is 5.91. The monoisotopic (exact) mass is 418 g/mol. The zero-order chi connectivity index (χ0) is 21.3. The Hall–Kier alpha value is -3.75. The van der Waals surface area contributed by atoms with Crippen molar-refractivity contribution < 1.29 is 14.3 Å². The van der Waals surface area contributed by atoms with Gasteiger partial charge in [-0.3, -0.25) is 4.79 Å². The number of nitrogens with zero attached hydrogens (tertiary/aromatic N) is 1. The average Bonchev–Trinajstić information content (AvgIpc) is 2.77. The topological polar surface area (TPSA) is 71.3 Å². The first kappa shape index (κ1) is 21.0. The van der Waals surface area contributed by atoms with E-state index in [-0.39, 0.29) is 5.57 Å². The molecule has 150 valence electrons. The highest BCUT2D eigenvalue weighted by Gasteiger charge is 2.11. The van der Waals surface area contributed by atoms with E-state index < -0.39 is 5.91 Å². The second-order valence-corrected chi connectivity index (χ2v) is 6.75. The van der Waals surface area contributed by atoms with Crippen molar-refractivity contribution >= 4 is 29.3 Å². The number of nitrogens with one attached hydrogen (secondary N) is 1. The summed E-state index contributed by atoms with van der Waals surface area (Å²) < 4.78 is 11.2. The van der Waals surface area contributed by atoms with Gasteiger partial charge in [-0.15, -0.1) is 0 Å². The molecule has 30 heavy (non-hydrogen) atoms. The van der Waals surface area contributed by atoms with E-state index in [1.165, 1.54) is 6.08 Å². The maximum atomic E-state index is 12.4. The van der Waals surface area contributed by atoms with E-state index in [0.29, 0.717) is 34.4 Å². The van der Waals surface area contributed by atoms with E-state index in [2.05, 4.69) is 5.32 Å². The molecule has 3 rings (SSSR count). The molecule has 3 aromatic rings. The van der Waals surface area contributed by atoms with Crippen molar-refractivity contribution in [2.45, 2.75) is 6.61 Å². The standard InChI is InChI=1S/C24H19ClN2O3/c1-29-22-12-9-18(14-23(22)30-16-17-7-10-20(25)11-8-17)13-19(15-26)24(28)27-21-5-3-2-4-6-21/h2-14H,16H2,1H3,(H,27,28)/b19-13+. The van der Waals surface area contributed by atoms with Crippen molar-refractivity contribution in [3.8, 4) is 17.6 Å². The molecule has 0 radical (unpaired) electrons. The third kappa shape index (κ3) is 5.63. The van der Waals surface area contributed by atoms with Gasteiger partial charge in [0.1, 0.15) is 18.2 Å². The molecule has 0 heterocycles. The molecule has 1 amide bonds. The Morgan fingerprint density at radius 3 is 2.47 bits per heavy atom. The molecule has 5 nitrogen and oxygen atoms in total. The Kier molecular flexibility index (Phi) is 7.09. The molecule has 0 aliphatic rings. The summed E-state index contributed by atoms with van der Waals surface area (Å²) in [6.45, 7) is 0.320. The molecule has 0 saturated heterocycles. The predicted octanol–water partition coefficient (Wildman–Crippen LogP) is 5.47. The van der Waals surface area contributed by atoms with Crippen LogP contribution in [-0.2, 0) is 11.4 Å². The quantitative estimate of drug-likeness (QED) is 0.407. The normalized spacial score (nSPS) is 10.8. The van der Waals surface area contributed by atoms with Crippen LogP contribution in [0.3, 0.4) is 0 Å². The number of benzene rings is 3. The second-order valence-electron chi connectivity index (χ2n) is 6.32. The largest absolute Gasteiger partial charge is 0.493 e. The number of para-hydroxylation sites is 1. The fourth-order valence-electron chi connectivity index (χ4n) is 2.67. The number of ether oxygens (including phenoxy) is 2. The number of rotatable bonds is 7. The first-order chi connectivity index (χ1) is 14.6. The molecular weight excluding hydrogens is 400 g/mol. The van der Waals surface area contributed by atoms with Gasteiger partial charge in [-0.2, -0.15) is 5.26 Å². The molecule has 0 fully saturated rings. The van der Waals surface area contributed by atoms with Crippen LogP contribution in [-0.4, -0.2) is 13.0 Å². The maximum absolute atomic E-state index is 12.4. The number of anilines is 1. The number of nitriles is 1. The molecule has 0 aromatic heterocycles. The van der Waals surface area contributed by atoms with Gasteiger partial charge in [-0.05, 0) is 53.6 Å². The van der Waals surface area contributed by atoms with Gasteiger partial charge in [0.25, 0.3) is 5.91 Å². The van der Waals surface area contributed by atoms with Crippen molar-refractivity contribution in [3.05, 3.63) is 94.5 Å². The van der Waals surface area contributed by atoms with E-state index in [9.17, 15) is 10.1 Å². The van der Waals surface area contributed by atoms with E-state index in [0.717, 1.165) is 5.56 Å². The van der Waals surface area contributed by atoms with Crippen LogP contribution in [0.1, 0.15) is 11.1 Å². The summed E-state index contributed by atoms with van der Waals surface area (Å²) in [6.07, 6.45) is 1.51. The fourth-order valence-corrected chi connectivity index (χ4v) is 2.80. The zero-order valence-corrected chi connectivity index (χ0v) is 17.0. The number of hydrogen-bond donors (Lipinski definition) is 1. The summed E-state index contributed by atoms with van der Waals surface area (Å²) in [5.41, 5.74) is 2.18. The predicted molar refractivity (Wildman–Crippen MR) is 117 cm³/mol. The number of carbonyl (C=O) groups is 1. The minimum Gasteiger partial charge on any atom is -0.493 e. The van der Waals surface area contributed by atoms with Crippen LogP contribution < -0.4 is 14.8 Å². The number of amides is 1. The minimum atomic E-state index is -0.483. The van der Waals surface area contributed by atoms with Crippen LogP contribution in [0.15, 0.2) is 78.4 Å². The third-order valence-corrected chi connectivity index (χ3v) is 4.45. The smallest absolute Gasteiger partial charge is 0.266 e. The number of methoxy groups -OCH3 is 1. The maximum Gasteiger partial charge on any atom is 0.266 e. The summed E-state index contributed by atoms with van der Waals surface area (Å²) in [5, 5.41) is 12.8. The van der Waals surface area contributed by atoms with Gasteiger partial charge in [-0.25, -0.2) is 0 Å². The first-order valence-corrected chi connectivity index (χ1v) is 9.50. The van der Waals surface area contributed by atoms with Crippen LogP contribution in [0.2, 0.25) is 5.02 Å². The Bertz CT molecular complexity index is 1090. The van der Waals surface area contributed by atoms with Gasteiger partial charge in [0.2, 0.25) is 0 Å². The first-order valence-electron chi connectivity index (χ1n) is 9.12. The Morgan fingerprint density at radius 1 is 1.07 bits per heavy atom. The van der Waals surface area contributed by atoms with E-state index in [4.69, 9.17) is 21.1 Å². The molecule has 6 heteroatoms. The molecule has 0 aliphatic heterocycles. The lowest BCUT2D eigenvalue weighted by atomic mass is 10.1. The van der Waals surface area contributed by atoms with E-state index in [1.807, 2.05) is 24.3 Å². The van der Waals surface area contributed by atoms with Gasteiger partial charge < -0.3 is 14.8 Å². The zero-order valence-electron chi connectivity index (χ0n) is 16.3. The van der Waals surface area contributed by atoms with Gasteiger partial charge in [0, 0.05) is 10.7 Å². The lowest BCUT2D eigenvalue weighted by molar-refractivity contribution is -0.112. The van der Waals surface area contributed by atoms with Gasteiger partial charge in [0.05, 0.1) is 7.11 Å². The van der Waals surface area contributed by atoms with Crippen molar-refractivity contribution in [1.82, 2.24) is 0 Å². The molecule has 0 aliphatic carbocycles. The number of halogens is 1. The Labute approximate surface area is 180 Å². The molecule has 3 aromatic carbocycles. The number of carbonyl (C=O) groups excluding carboxylic acids is 1. The second kappa shape index (κ2) is 10.1. The van der Waals surface area contributed by atoms with Crippen molar-refractivity contribution in [2.75, 3.05) is 12.4 Å². The molecule has 1 N–H and O–H groups in total. The van der Waals surface area contributed by atoms with Crippen molar-refractivity contribution in [1.29, 1.82) is 5.26 Å². The van der Waals surface area contributed by atoms with Crippen LogP contribution in [0, 0.1) is 11.3 Å². The fraction of sp³-hybridized carbons (Fsp3) is 0.0833. The van der Waals surface area contributed by atoms with Gasteiger partial charge in [-0.1, -0.05) is 48.0 Å². The molecular formula is C24H19ClN2O3. The molecule has 0 spiro atoms. The highest BCUT2D eigenvalue weighted by molar-refractivity contribution is 6.30. The highest BCUT2D eigenvalue weighted by Crippen LogP contribution is 2.30. The van der Waals surface area contributed by atoms with E-state index in [1.54, 1.807) is 61.7 Å². The van der Waals surface area contributed by atoms with E-state index >= 15 is 0 Å². The van der Waals surface area contributed by atoms with Crippen LogP contribution in [0.25, 0.3) is 6.08 Å². The van der Waals surface area contributed by atoms with Crippen molar-refractivity contribution in [2.24, 2.45) is 0 Å². The number of hydrogen-bond acceptors (Lipinski definition) is 4. The highest BCUT2D eigenvalue weighted by atomic mass is 35.5. The van der Waals surface area contributed by atoms with Gasteiger partial charge in [0.15, 0.2) is 11.5 Å².